The van der Waals surface area contributed by atoms with Gasteiger partial charge in [0, 0.05) is 36.8 Å². The van der Waals surface area contributed by atoms with Crippen LogP contribution in [0.2, 0.25) is 0 Å². The van der Waals surface area contributed by atoms with E-state index in [0.717, 1.165) is 24.2 Å². The summed E-state index contributed by atoms with van der Waals surface area (Å²) >= 11 is 0. The van der Waals surface area contributed by atoms with E-state index in [9.17, 15) is 4.79 Å². The highest BCUT2D eigenvalue weighted by atomic mass is 16.5. The Labute approximate surface area is 145 Å². The van der Waals surface area contributed by atoms with Crippen molar-refractivity contribution in [2.45, 2.75) is 72.6 Å². The van der Waals surface area contributed by atoms with E-state index in [2.05, 4.69) is 36.5 Å². The number of nitrogens with zero attached hydrogens (tertiary/aromatic N) is 2. The summed E-state index contributed by atoms with van der Waals surface area (Å²) in [5.41, 5.74) is 3.38. The van der Waals surface area contributed by atoms with Crippen LogP contribution in [0.5, 0.6) is 0 Å². The van der Waals surface area contributed by atoms with Gasteiger partial charge in [0.2, 0.25) is 0 Å². The third-order valence-electron chi connectivity index (χ3n) is 5.40. The molecule has 24 heavy (non-hydrogen) atoms. The van der Waals surface area contributed by atoms with E-state index < -0.39 is 0 Å². The van der Waals surface area contributed by atoms with Gasteiger partial charge in [0.15, 0.2) is 0 Å². The molecule has 1 aliphatic rings. The second-order valence-electron chi connectivity index (χ2n) is 7.55. The van der Waals surface area contributed by atoms with Gasteiger partial charge in [0.1, 0.15) is 0 Å². The fraction of sp³-hybridized carbons (Fsp3) is 0.778. The van der Waals surface area contributed by atoms with Crippen molar-refractivity contribution >= 4 is 6.03 Å². The number of urea groups is 1. The van der Waals surface area contributed by atoms with E-state index in [1.165, 1.54) is 5.56 Å². The molecular formula is C18H32N4O2. The van der Waals surface area contributed by atoms with Crippen LogP contribution >= 0.6 is 0 Å². The predicted molar refractivity (Wildman–Crippen MR) is 95.1 cm³/mol. The van der Waals surface area contributed by atoms with Gasteiger partial charge in [-0.15, -0.1) is 0 Å². The van der Waals surface area contributed by atoms with E-state index in [4.69, 9.17) is 4.74 Å². The second-order valence-corrected chi connectivity index (χ2v) is 7.55. The number of carbonyl (C=O) groups is 1. The molecule has 2 rings (SSSR count). The molecule has 2 amide bonds. The molecule has 1 aromatic heterocycles. The van der Waals surface area contributed by atoms with Crippen LogP contribution in [0.25, 0.3) is 0 Å². The molecule has 0 unspecified atom stereocenters. The lowest BCUT2D eigenvalue weighted by molar-refractivity contribution is -0.110. The summed E-state index contributed by atoms with van der Waals surface area (Å²) in [4.78, 5) is 12.3. The number of carbonyl (C=O) groups excluding carboxylic acids is 1. The maximum absolute atomic E-state index is 12.3. The van der Waals surface area contributed by atoms with Gasteiger partial charge in [0.25, 0.3) is 0 Å². The smallest absolute Gasteiger partial charge is 0.315 e. The van der Waals surface area contributed by atoms with Gasteiger partial charge in [-0.3, -0.25) is 4.68 Å². The average molecular weight is 336 g/mol. The van der Waals surface area contributed by atoms with Gasteiger partial charge < -0.3 is 15.4 Å². The van der Waals surface area contributed by atoms with E-state index in [1.807, 2.05) is 32.5 Å². The third-order valence-corrected chi connectivity index (χ3v) is 5.40. The quantitative estimate of drug-likeness (QED) is 0.838. The summed E-state index contributed by atoms with van der Waals surface area (Å²) in [6, 6.07) is 0.107. The average Bonchev–Trinajstić information content (AvgIpc) is 2.72. The molecule has 0 aromatic carbocycles. The van der Waals surface area contributed by atoms with Crippen molar-refractivity contribution in [3.63, 3.8) is 0 Å². The van der Waals surface area contributed by atoms with Gasteiger partial charge in [-0.25, -0.2) is 4.79 Å². The highest BCUT2D eigenvalue weighted by molar-refractivity contribution is 5.74. The van der Waals surface area contributed by atoms with Crippen molar-refractivity contribution in [1.29, 1.82) is 0 Å². The monoisotopic (exact) mass is 336 g/mol. The fourth-order valence-electron chi connectivity index (χ4n) is 3.51. The molecule has 0 saturated heterocycles. The summed E-state index contributed by atoms with van der Waals surface area (Å²) in [5.74, 6) is 0. The summed E-state index contributed by atoms with van der Waals surface area (Å²) < 4.78 is 7.60. The second kappa shape index (κ2) is 7.13. The topological polar surface area (TPSA) is 68.2 Å². The van der Waals surface area contributed by atoms with Crippen LogP contribution in [0.3, 0.4) is 0 Å². The maximum atomic E-state index is 12.3. The van der Waals surface area contributed by atoms with E-state index in [0.29, 0.717) is 6.61 Å². The minimum absolute atomic E-state index is 0.0207. The van der Waals surface area contributed by atoms with Gasteiger partial charge in [-0.05, 0) is 46.1 Å². The molecule has 1 heterocycles. The van der Waals surface area contributed by atoms with Crippen LogP contribution in [0.1, 0.15) is 51.1 Å². The summed E-state index contributed by atoms with van der Waals surface area (Å²) in [5, 5.41) is 10.6. The largest absolute Gasteiger partial charge is 0.378 e. The number of aromatic nitrogens is 2. The van der Waals surface area contributed by atoms with Gasteiger partial charge in [-0.2, -0.15) is 5.10 Å². The lowest BCUT2D eigenvalue weighted by Gasteiger charge is -2.51. The number of amides is 2. The van der Waals surface area contributed by atoms with Gasteiger partial charge in [-0.1, -0.05) is 13.8 Å². The first kappa shape index (κ1) is 18.8. The molecule has 1 aliphatic carbocycles. The van der Waals surface area contributed by atoms with E-state index in [-0.39, 0.29) is 29.6 Å². The van der Waals surface area contributed by atoms with Crippen LogP contribution in [-0.2, 0) is 18.2 Å². The number of nitrogens with one attached hydrogen (secondary N) is 2. The van der Waals surface area contributed by atoms with Crippen LogP contribution in [0, 0.1) is 19.3 Å². The Morgan fingerprint density at radius 1 is 1.46 bits per heavy atom. The molecule has 6 nitrogen and oxygen atoms in total. The van der Waals surface area contributed by atoms with Crippen molar-refractivity contribution in [3.05, 3.63) is 17.0 Å². The highest BCUT2D eigenvalue weighted by Crippen LogP contribution is 2.42. The number of hydrogen-bond donors (Lipinski definition) is 2. The number of rotatable bonds is 6. The van der Waals surface area contributed by atoms with Crippen LogP contribution < -0.4 is 10.6 Å². The molecule has 1 saturated carbocycles. The zero-order valence-electron chi connectivity index (χ0n) is 16.1. The molecule has 2 N–H and O–H groups in total. The Hall–Kier alpha value is -1.56. The van der Waals surface area contributed by atoms with Crippen molar-refractivity contribution in [2.75, 3.05) is 6.61 Å². The van der Waals surface area contributed by atoms with E-state index >= 15 is 0 Å². The Bertz CT molecular complexity index is 594. The lowest BCUT2D eigenvalue weighted by atomic mass is 9.64. The molecule has 0 spiro atoms. The zero-order chi connectivity index (χ0) is 18.1. The van der Waals surface area contributed by atoms with Gasteiger partial charge >= 0.3 is 6.03 Å². The SMILES string of the molecule is CCO[C@@H]1C[C@H](NC(=O)N[C@H](C)Cc2c(C)nn(C)c2C)C1(C)C. The normalized spacial score (nSPS) is 23.5. The van der Waals surface area contributed by atoms with Crippen molar-refractivity contribution in [1.82, 2.24) is 20.4 Å². The molecule has 0 aliphatic heterocycles. The number of hydrogen-bond acceptors (Lipinski definition) is 3. The standard InChI is InChI=1S/C18H32N4O2/c1-8-24-16-10-15(18(16,5)6)20-17(23)19-11(2)9-14-12(3)21-22(7)13(14)4/h11,15-16H,8-10H2,1-7H3,(H2,19,20,23)/t11-,15+,16-/m1/s1. The molecule has 1 fully saturated rings. The third kappa shape index (κ3) is 3.74. The Morgan fingerprint density at radius 2 is 2.12 bits per heavy atom. The molecule has 6 heteroatoms. The predicted octanol–water partition coefficient (Wildman–Crippen LogP) is 2.47. The van der Waals surface area contributed by atoms with Gasteiger partial charge in [0.05, 0.1) is 11.8 Å². The lowest BCUT2D eigenvalue weighted by Crippen LogP contribution is -2.63. The molecule has 0 bridgehead atoms. The number of aryl methyl sites for hydroxylation is 2. The Kier molecular flexibility index (Phi) is 5.58. The highest BCUT2D eigenvalue weighted by Gasteiger charge is 2.49. The minimum Gasteiger partial charge on any atom is -0.378 e. The Balaban J connectivity index is 1.84. The molecule has 136 valence electrons. The molecular weight excluding hydrogens is 304 g/mol. The first-order chi connectivity index (χ1) is 11.2. The summed E-state index contributed by atoms with van der Waals surface area (Å²) in [6.45, 7) is 13.1. The minimum atomic E-state index is -0.102. The maximum Gasteiger partial charge on any atom is 0.315 e. The Morgan fingerprint density at radius 3 is 2.62 bits per heavy atom. The van der Waals surface area contributed by atoms with Crippen LogP contribution in [0.4, 0.5) is 4.79 Å². The molecule has 0 radical (unpaired) electrons. The number of ether oxygens (including phenoxy) is 1. The van der Waals surface area contributed by atoms with Crippen molar-refractivity contribution in [3.8, 4) is 0 Å². The van der Waals surface area contributed by atoms with E-state index in [1.54, 1.807) is 0 Å². The summed E-state index contributed by atoms with van der Waals surface area (Å²) in [6.07, 6.45) is 1.89. The molecule has 3 atom stereocenters. The zero-order valence-corrected chi connectivity index (χ0v) is 16.1. The van der Waals surface area contributed by atoms with Crippen molar-refractivity contribution < 1.29 is 9.53 Å². The first-order valence-electron chi connectivity index (χ1n) is 8.84. The first-order valence-corrected chi connectivity index (χ1v) is 8.84. The summed E-state index contributed by atoms with van der Waals surface area (Å²) in [7, 11) is 1.95. The molecule has 1 aromatic rings. The van der Waals surface area contributed by atoms with Crippen LogP contribution in [-0.4, -0.2) is 40.6 Å². The van der Waals surface area contributed by atoms with Crippen molar-refractivity contribution in [2.24, 2.45) is 12.5 Å². The van der Waals surface area contributed by atoms with Crippen LogP contribution in [0.15, 0.2) is 0 Å². The fourth-order valence-corrected chi connectivity index (χ4v) is 3.51.